The number of aliphatic carboxylic acids is 1. The van der Waals surface area contributed by atoms with Gasteiger partial charge in [0.1, 0.15) is 17.5 Å². The third kappa shape index (κ3) is 3.83. The van der Waals surface area contributed by atoms with Crippen LogP contribution in [0.3, 0.4) is 0 Å². The molecule has 0 saturated heterocycles. The fourth-order valence-corrected chi connectivity index (χ4v) is 4.27. The highest BCUT2D eigenvalue weighted by molar-refractivity contribution is 5.74. The molecule has 2 aromatic rings. The Hall–Kier alpha value is -2.53. The molecular weight excluding hydrogens is 330 g/mol. The molecule has 2 atom stereocenters. The van der Waals surface area contributed by atoms with Crippen LogP contribution in [0, 0.1) is 5.92 Å². The lowest BCUT2D eigenvalue weighted by atomic mass is 9.69. The van der Waals surface area contributed by atoms with Crippen molar-refractivity contribution in [2.75, 3.05) is 0 Å². The monoisotopic (exact) mass is 355 g/mol. The summed E-state index contributed by atoms with van der Waals surface area (Å²) in [6.07, 6.45) is 3.42. The summed E-state index contributed by atoms with van der Waals surface area (Å²) >= 11 is 0. The molecule has 0 heterocycles. The van der Waals surface area contributed by atoms with Crippen LogP contribution in [0.25, 0.3) is 0 Å². The predicted molar refractivity (Wildman–Crippen MR) is 99.3 cm³/mol. The van der Waals surface area contributed by atoms with E-state index in [1.54, 1.807) is 12.1 Å². The SMILES string of the molecule is N[C@@H](C(=O)O)C(c1ccccc1)C1CCC(c2ccc(O)cc2O)CC1. The summed E-state index contributed by atoms with van der Waals surface area (Å²) in [5.41, 5.74) is 7.86. The standard InChI is InChI=1S/C21H25NO4/c22-20(21(25)26)19(14-4-2-1-3-5-14)15-8-6-13(7-9-15)17-11-10-16(23)12-18(17)24/h1-5,10-13,15,19-20,23-24H,6-9,22H2,(H,25,26)/t13?,15?,19?,20-/m1/s1. The molecule has 26 heavy (non-hydrogen) atoms. The van der Waals surface area contributed by atoms with Gasteiger partial charge in [0.15, 0.2) is 0 Å². The maximum Gasteiger partial charge on any atom is 0.321 e. The van der Waals surface area contributed by atoms with Crippen molar-refractivity contribution in [2.24, 2.45) is 11.7 Å². The van der Waals surface area contributed by atoms with Crippen molar-refractivity contribution in [3.63, 3.8) is 0 Å². The van der Waals surface area contributed by atoms with E-state index in [1.165, 1.54) is 6.07 Å². The molecule has 5 nitrogen and oxygen atoms in total. The molecule has 0 spiro atoms. The van der Waals surface area contributed by atoms with Gasteiger partial charge in [0.2, 0.25) is 0 Å². The van der Waals surface area contributed by atoms with Crippen LogP contribution in [0.15, 0.2) is 48.5 Å². The second-order valence-electron chi connectivity index (χ2n) is 7.16. The van der Waals surface area contributed by atoms with Crippen LogP contribution in [0.2, 0.25) is 0 Å². The molecule has 1 aliphatic carbocycles. The second-order valence-corrected chi connectivity index (χ2v) is 7.16. The third-order valence-electron chi connectivity index (χ3n) is 5.59. The molecule has 1 fully saturated rings. The van der Waals surface area contributed by atoms with E-state index >= 15 is 0 Å². The Labute approximate surface area is 153 Å². The first kappa shape index (κ1) is 18.3. The highest BCUT2D eigenvalue weighted by Gasteiger charge is 2.36. The van der Waals surface area contributed by atoms with Crippen molar-refractivity contribution < 1.29 is 20.1 Å². The summed E-state index contributed by atoms with van der Waals surface area (Å²) in [7, 11) is 0. The minimum Gasteiger partial charge on any atom is -0.508 e. The molecule has 3 rings (SSSR count). The number of aromatic hydroxyl groups is 2. The molecule has 1 aliphatic rings. The van der Waals surface area contributed by atoms with Crippen LogP contribution in [0.4, 0.5) is 0 Å². The fraction of sp³-hybridized carbons (Fsp3) is 0.381. The Morgan fingerprint density at radius 1 is 1.00 bits per heavy atom. The van der Waals surface area contributed by atoms with Gasteiger partial charge < -0.3 is 21.1 Å². The number of benzene rings is 2. The Morgan fingerprint density at radius 3 is 2.23 bits per heavy atom. The normalized spacial score (nSPS) is 22.5. The molecule has 2 aromatic carbocycles. The highest BCUT2D eigenvalue weighted by Crippen LogP contribution is 2.45. The lowest BCUT2D eigenvalue weighted by molar-refractivity contribution is -0.139. The molecule has 5 heteroatoms. The van der Waals surface area contributed by atoms with Crippen LogP contribution in [-0.4, -0.2) is 27.3 Å². The van der Waals surface area contributed by atoms with E-state index in [4.69, 9.17) is 5.73 Å². The largest absolute Gasteiger partial charge is 0.508 e. The second kappa shape index (κ2) is 7.79. The smallest absolute Gasteiger partial charge is 0.321 e. The summed E-state index contributed by atoms with van der Waals surface area (Å²) in [6.45, 7) is 0. The van der Waals surface area contributed by atoms with E-state index in [1.807, 2.05) is 30.3 Å². The maximum absolute atomic E-state index is 11.5. The minimum absolute atomic E-state index is 0.0523. The van der Waals surface area contributed by atoms with Gasteiger partial charge in [-0.15, -0.1) is 0 Å². The van der Waals surface area contributed by atoms with Crippen LogP contribution in [-0.2, 0) is 4.79 Å². The van der Waals surface area contributed by atoms with E-state index < -0.39 is 12.0 Å². The average Bonchev–Trinajstić information content (AvgIpc) is 2.63. The Kier molecular flexibility index (Phi) is 5.47. The topological polar surface area (TPSA) is 104 Å². The Bertz CT molecular complexity index is 754. The summed E-state index contributed by atoms with van der Waals surface area (Å²) in [5.74, 6) is -0.615. The molecule has 138 valence electrons. The van der Waals surface area contributed by atoms with E-state index in [-0.39, 0.29) is 29.3 Å². The first-order chi connectivity index (χ1) is 12.5. The molecule has 1 unspecified atom stereocenters. The number of hydrogen-bond acceptors (Lipinski definition) is 4. The van der Waals surface area contributed by atoms with Crippen molar-refractivity contribution >= 4 is 5.97 Å². The van der Waals surface area contributed by atoms with Crippen LogP contribution in [0.1, 0.15) is 48.6 Å². The zero-order chi connectivity index (χ0) is 18.7. The molecule has 5 N–H and O–H groups in total. The minimum atomic E-state index is -0.975. The lowest BCUT2D eigenvalue weighted by Crippen LogP contribution is -2.41. The van der Waals surface area contributed by atoms with Gasteiger partial charge in [-0.2, -0.15) is 0 Å². The number of phenolic OH excluding ortho intramolecular Hbond substituents is 2. The van der Waals surface area contributed by atoms with E-state index in [0.29, 0.717) is 0 Å². The molecule has 0 amide bonds. The van der Waals surface area contributed by atoms with Gasteiger partial charge >= 0.3 is 5.97 Å². The summed E-state index contributed by atoms with van der Waals surface area (Å²) < 4.78 is 0. The number of carbonyl (C=O) groups is 1. The molecule has 1 saturated carbocycles. The first-order valence-corrected chi connectivity index (χ1v) is 9.02. The molecule has 0 radical (unpaired) electrons. The van der Waals surface area contributed by atoms with E-state index in [0.717, 1.165) is 36.8 Å². The van der Waals surface area contributed by atoms with E-state index in [9.17, 15) is 20.1 Å². The fourth-order valence-electron chi connectivity index (χ4n) is 4.27. The third-order valence-corrected chi connectivity index (χ3v) is 5.59. The zero-order valence-electron chi connectivity index (χ0n) is 14.6. The summed E-state index contributed by atoms with van der Waals surface area (Å²) in [5, 5.41) is 29.0. The Morgan fingerprint density at radius 2 is 1.65 bits per heavy atom. The number of rotatable bonds is 5. The molecule has 0 bridgehead atoms. The highest BCUT2D eigenvalue weighted by atomic mass is 16.4. The van der Waals surface area contributed by atoms with Crippen molar-refractivity contribution in [3.05, 3.63) is 59.7 Å². The van der Waals surface area contributed by atoms with Crippen molar-refractivity contribution in [1.29, 1.82) is 0 Å². The summed E-state index contributed by atoms with van der Waals surface area (Å²) in [4.78, 5) is 11.5. The lowest BCUT2D eigenvalue weighted by Gasteiger charge is -2.36. The van der Waals surface area contributed by atoms with Gasteiger partial charge in [-0.25, -0.2) is 0 Å². The number of hydrogen-bond donors (Lipinski definition) is 4. The van der Waals surface area contributed by atoms with Gasteiger partial charge in [-0.05, 0) is 54.7 Å². The van der Waals surface area contributed by atoms with Gasteiger partial charge in [-0.3, -0.25) is 4.79 Å². The van der Waals surface area contributed by atoms with Gasteiger partial charge in [0.25, 0.3) is 0 Å². The molecule has 0 aromatic heterocycles. The van der Waals surface area contributed by atoms with Crippen LogP contribution in [0.5, 0.6) is 11.5 Å². The predicted octanol–water partition coefficient (Wildman–Crippen LogP) is 3.57. The quantitative estimate of drug-likeness (QED) is 0.656. The summed E-state index contributed by atoms with van der Waals surface area (Å²) in [6, 6.07) is 13.4. The zero-order valence-corrected chi connectivity index (χ0v) is 14.6. The number of phenols is 2. The number of carboxylic acid groups (broad SMARTS) is 1. The van der Waals surface area contributed by atoms with Gasteiger partial charge in [0.05, 0.1) is 0 Å². The van der Waals surface area contributed by atoms with Crippen molar-refractivity contribution in [3.8, 4) is 11.5 Å². The van der Waals surface area contributed by atoms with Crippen LogP contribution < -0.4 is 5.73 Å². The van der Waals surface area contributed by atoms with Gasteiger partial charge in [-0.1, -0.05) is 36.4 Å². The average molecular weight is 355 g/mol. The first-order valence-electron chi connectivity index (χ1n) is 9.02. The van der Waals surface area contributed by atoms with Crippen LogP contribution >= 0.6 is 0 Å². The number of carboxylic acids is 1. The molecular formula is C21H25NO4. The Balaban J connectivity index is 1.76. The van der Waals surface area contributed by atoms with E-state index in [2.05, 4.69) is 0 Å². The number of nitrogens with two attached hydrogens (primary N) is 1. The van der Waals surface area contributed by atoms with Gasteiger partial charge in [0, 0.05) is 12.0 Å². The van der Waals surface area contributed by atoms with Crippen molar-refractivity contribution in [1.82, 2.24) is 0 Å². The molecule has 0 aliphatic heterocycles. The maximum atomic E-state index is 11.5. The van der Waals surface area contributed by atoms with Crippen molar-refractivity contribution in [2.45, 2.75) is 43.6 Å².